The zero-order chi connectivity index (χ0) is 24.9. The summed E-state index contributed by atoms with van der Waals surface area (Å²) in [5.41, 5.74) is 4.41. The van der Waals surface area contributed by atoms with E-state index in [0.717, 1.165) is 22.4 Å². The van der Waals surface area contributed by atoms with Crippen LogP contribution in [0.5, 0.6) is 0 Å². The van der Waals surface area contributed by atoms with Gasteiger partial charge in [0.05, 0.1) is 18.5 Å². The molecule has 9 nitrogen and oxygen atoms in total. The lowest BCUT2D eigenvalue weighted by Crippen LogP contribution is -2.27. The lowest BCUT2D eigenvalue weighted by atomic mass is 10.1. The number of fused-ring (bicyclic) bond motifs is 1. The number of aromatic nitrogens is 4. The first-order valence-electron chi connectivity index (χ1n) is 11.1. The normalized spacial score (nSPS) is 11.2. The third-order valence-electron chi connectivity index (χ3n) is 5.21. The molecule has 2 aromatic carbocycles. The molecular formula is C26H25N5O4. The van der Waals surface area contributed by atoms with Crippen LogP contribution in [0.2, 0.25) is 0 Å². The molecule has 0 saturated carbocycles. The number of nitrogens with one attached hydrogen (secondary N) is 1. The van der Waals surface area contributed by atoms with E-state index in [-0.39, 0.29) is 18.0 Å². The summed E-state index contributed by atoms with van der Waals surface area (Å²) >= 11 is 0. The van der Waals surface area contributed by atoms with Crippen molar-refractivity contribution in [2.75, 3.05) is 11.9 Å². The van der Waals surface area contributed by atoms with Crippen molar-refractivity contribution in [1.82, 2.24) is 19.3 Å². The Morgan fingerprint density at radius 1 is 1.09 bits per heavy atom. The number of hydrogen-bond donors (Lipinski definition) is 1. The molecule has 0 bridgehead atoms. The quantitative estimate of drug-likeness (QED) is 0.327. The second-order valence-corrected chi connectivity index (χ2v) is 8.07. The van der Waals surface area contributed by atoms with Gasteiger partial charge < -0.3 is 10.1 Å². The number of carbonyl (C=O) groups is 2. The highest BCUT2D eigenvalue weighted by atomic mass is 16.5. The average Bonchev–Trinajstić information content (AvgIpc) is 3.25. The maximum atomic E-state index is 13.0. The summed E-state index contributed by atoms with van der Waals surface area (Å²) in [5.74, 6) is -0.787. The number of esters is 1. The Balaban J connectivity index is 1.47. The highest BCUT2D eigenvalue weighted by Crippen LogP contribution is 2.17. The number of amides is 1. The molecule has 0 radical (unpaired) electrons. The molecule has 178 valence electrons. The van der Waals surface area contributed by atoms with Gasteiger partial charge in [0, 0.05) is 11.8 Å². The maximum absolute atomic E-state index is 13.0. The van der Waals surface area contributed by atoms with Gasteiger partial charge in [-0.05, 0) is 67.8 Å². The van der Waals surface area contributed by atoms with E-state index in [1.165, 1.54) is 23.2 Å². The van der Waals surface area contributed by atoms with E-state index in [4.69, 9.17) is 4.74 Å². The molecule has 0 fully saturated rings. The van der Waals surface area contributed by atoms with Crippen LogP contribution in [0.25, 0.3) is 22.8 Å². The van der Waals surface area contributed by atoms with Crippen molar-refractivity contribution >= 4 is 34.7 Å². The molecule has 2 heterocycles. The summed E-state index contributed by atoms with van der Waals surface area (Å²) in [7, 11) is 0. The summed E-state index contributed by atoms with van der Waals surface area (Å²) in [6, 6.07) is 12.9. The van der Waals surface area contributed by atoms with Crippen molar-refractivity contribution in [2.45, 2.75) is 27.3 Å². The van der Waals surface area contributed by atoms with Crippen LogP contribution in [-0.4, -0.2) is 37.8 Å². The molecule has 1 N–H and O–H groups in total. The van der Waals surface area contributed by atoms with E-state index >= 15 is 0 Å². The van der Waals surface area contributed by atoms with Gasteiger partial charge in [-0.15, -0.1) is 0 Å². The third-order valence-corrected chi connectivity index (χ3v) is 5.21. The Morgan fingerprint density at radius 3 is 2.49 bits per heavy atom. The van der Waals surface area contributed by atoms with E-state index in [0.29, 0.717) is 23.3 Å². The Kier molecular flexibility index (Phi) is 6.86. The smallest absolute Gasteiger partial charge is 0.330 e. The van der Waals surface area contributed by atoms with Gasteiger partial charge in [-0.3, -0.25) is 14.2 Å². The first kappa shape index (κ1) is 23.6. The predicted molar refractivity (Wildman–Crippen MR) is 133 cm³/mol. The van der Waals surface area contributed by atoms with E-state index < -0.39 is 5.97 Å². The predicted octanol–water partition coefficient (Wildman–Crippen LogP) is 3.41. The molecule has 2 aromatic heterocycles. The summed E-state index contributed by atoms with van der Waals surface area (Å²) in [6.45, 7) is 5.85. The van der Waals surface area contributed by atoms with Crippen LogP contribution >= 0.6 is 0 Å². The fraction of sp³-hybridized carbons (Fsp3) is 0.192. The number of anilines is 1. The minimum atomic E-state index is -0.416. The highest BCUT2D eigenvalue weighted by Gasteiger charge is 2.14. The molecule has 35 heavy (non-hydrogen) atoms. The molecule has 9 heteroatoms. The second-order valence-electron chi connectivity index (χ2n) is 8.07. The van der Waals surface area contributed by atoms with Crippen molar-refractivity contribution in [3.63, 3.8) is 0 Å². The van der Waals surface area contributed by atoms with Crippen LogP contribution in [0.4, 0.5) is 5.69 Å². The maximum Gasteiger partial charge on any atom is 0.330 e. The van der Waals surface area contributed by atoms with Crippen LogP contribution in [0.3, 0.4) is 0 Å². The first-order chi connectivity index (χ1) is 16.8. The number of rotatable bonds is 7. The van der Waals surface area contributed by atoms with E-state index in [9.17, 15) is 14.4 Å². The summed E-state index contributed by atoms with van der Waals surface area (Å²) in [4.78, 5) is 41.3. The highest BCUT2D eigenvalue weighted by molar-refractivity contribution is 5.91. The van der Waals surface area contributed by atoms with Gasteiger partial charge >= 0.3 is 5.97 Å². The van der Waals surface area contributed by atoms with Crippen LogP contribution in [0, 0.1) is 13.8 Å². The number of hydrogen-bond acceptors (Lipinski definition) is 6. The van der Waals surface area contributed by atoms with Gasteiger partial charge in [-0.2, -0.15) is 5.10 Å². The van der Waals surface area contributed by atoms with Gasteiger partial charge in [0.1, 0.15) is 18.3 Å². The van der Waals surface area contributed by atoms with E-state index in [1.54, 1.807) is 41.9 Å². The molecule has 4 aromatic rings. The number of carbonyl (C=O) groups excluding carboxylic acids is 2. The SMILES string of the molecule is CCOC(=O)/C=C/c1ccc(NC(=O)Cn2cnc3c(cnn3-c3cc(C)cc(C)c3)c2=O)cc1. The minimum Gasteiger partial charge on any atom is -0.463 e. The molecule has 0 unspecified atom stereocenters. The minimum absolute atomic E-state index is 0.193. The molecule has 0 aliphatic heterocycles. The molecular weight excluding hydrogens is 446 g/mol. The number of ether oxygens (including phenoxy) is 1. The van der Waals surface area contributed by atoms with Gasteiger partial charge in [0.2, 0.25) is 5.91 Å². The number of aryl methyl sites for hydroxylation is 2. The van der Waals surface area contributed by atoms with Crippen molar-refractivity contribution in [3.8, 4) is 5.69 Å². The Bertz CT molecular complexity index is 1460. The average molecular weight is 472 g/mol. The topological polar surface area (TPSA) is 108 Å². The van der Waals surface area contributed by atoms with Crippen LogP contribution in [-0.2, 0) is 20.9 Å². The van der Waals surface area contributed by atoms with Crippen molar-refractivity contribution in [2.24, 2.45) is 0 Å². The monoisotopic (exact) mass is 471 g/mol. The third kappa shape index (κ3) is 5.52. The lowest BCUT2D eigenvalue weighted by Gasteiger charge is -2.09. The first-order valence-corrected chi connectivity index (χ1v) is 11.1. The zero-order valence-corrected chi connectivity index (χ0v) is 19.7. The fourth-order valence-electron chi connectivity index (χ4n) is 3.71. The summed E-state index contributed by atoms with van der Waals surface area (Å²) in [5, 5.41) is 7.44. The summed E-state index contributed by atoms with van der Waals surface area (Å²) in [6.07, 6.45) is 5.80. The lowest BCUT2D eigenvalue weighted by molar-refractivity contribution is -0.137. The van der Waals surface area contributed by atoms with Gasteiger partial charge in [0.25, 0.3) is 5.56 Å². The number of nitrogens with zero attached hydrogens (tertiary/aromatic N) is 4. The Morgan fingerprint density at radius 2 is 1.80 bits per heavy atom. The molecule has 0 spiro atoms. The number of benzene rings is 2. The van der Waals surface area contributed by atoms with Crippen LogP contribution in [0.1, 0.15) is 23.6 Å². The fourth-order valence-corrected chi connectivity index (χ4v) is 3.71. The van der Waals surface area contributed by atoms with Gasteiger partial charge in [-0.25, -0.2) is 14.5 Å². The molecule has 0 aliphatic rings. The molecule has 4 rings (SSSR count). The molecule has 0 saturated heterocycles. The Hall–Kier alpha value is -4.53. The van der Waals surface area contributed by atoms with Crippen molar-refractivity contribution in [3.05, 3.63) is 88.1 Å². The standard InChI is InChI=1S/C26H25N5O4/c1-4-35-24(33)10-7-19-5-8-20(9-6-19)29-23(32)15-30-16-27-25-22(26(30)34)14-28-31(25)21-12-17(2)11-18(3)13-21/h5-14,16H,4,15H2,1-3H3,(H,29,32)/b10-7+. The van der Waals surface area contributed by atoms with E-state index in [2.05, 4.69) is 21.5 Å². The van der Waals surface area contributed by atoms with Gasteiger partial charge in [0.15, 0.2) is 5.65 Å². The zero-order valence-electron chi connectivity index (χ0n) is 19.7. The molecule has 0 aliphatic carbocycles. The van der Waals surface area contributed by atoms with Gasteiger partial charge in [-0.1, -0.05) is 18.2 Å². The van der Waals surface area contributed by atoms with Crippen LogP contribution in [0.15, 0.2) is 65.9 Å². The molecule has 0 atom stereocenters. The summed E-state index contributed by atoms with van der Waals surface area (Å²) < 4.78 is 7.72. The second kappa shape index (κ2) is 10.2. The van der Waals surface area contributed by atoms with Crippen molar-refractivity contribution in [1.29, 1.82) is 0 Å². The Labute approximate surface area is 201 Å². The van der Waals surface area contributed by atoms with Crippen molar-refractivity contribution < 1.29 is 14.3 Å². The largest absolute Gasteiger partial charge is 0.463 e. The van der Waals surface area contributed by atoms with E-state index in [1.807, 2.05) is 26.0 Å². The molecule has 1 amide bonds. The van der Waals surface area contributed by atoms with Crippen LogP contribution < -0.4 is 10.9 Å².